The molecule has 1 aliphatic rings. The quantitative estimate of drug-likeness (QED) is 0.683. The molecule has 14 heavy (non-hydrogen) atoms. The van der Waals surface area contributed by atoms with Crippen LogP contribution < -0.4 is 10.6 Å². The molecule has 0 aromatic heterocycles. The smallest absolute Gasteiger partial charge is 0.00388 e. The molecule has 0 aliphatic carbocycles. The van der Waals surface area contributed by atoms with E-state index in [4.69, 9.17) is 0 Å². The fraction of sp³-hybridized carbons (Fsp3) is 1.00. The summed E-state index contributed by atoms with van der Waals surface area (Å²) in [5.41, 5.74) is 0. The first-order valence-corrected chi connectivity index (χ1v) is 6.27. The van der Waals surface area contributed by atoms with Crippen molar-refractivity contribution in [3.63, 3.8) is 0 Å². The van der Waals surface area contributed by atoms with Gasteiger partial charge in [-0.3, -0.25) is 0 Å². The molecule has 1 rings (SSSR count). The Balaban J connectivity index is 2.00. The first-order valence-electron chi connectivity index (χ1n) is 6.27. The zero-order valence-corrected chi connectivity index (χ0v) is 9.81. The predicted octanol–water partition coefficient (Wildman–Crippen LogP) is 2.15. The number of nitrogens with one attached hydrogen (secondary N) is 2. The number of rotatable bonds is 6. The summed E-state index contributed by atoms with van der Waals surface area (Å²) in [5.74, 6) is 0.868. The lowest BCUT2D eigenvalue weighted by molar-refractivity contribution is 0.341. The molecule has 0 amide bonds. The first-order chi connectivity index (χ1) is 6.83. The maximum atomic E-state index is 3.65. The Morgan fingerprint density at radius 3 is 3.00 bits per heavy atom. The Morgan fingerprint density at radius 1 is 1.50 bits per heavy atom. The third kappa shape index (κ3) is 4.97. The third-order valence-corrected chi connectivity index (χ3v) is 3.14. The minimum Gasteiger partial charge on any atom is -0.316 e. The highest BCUT2D eigenvalue weighted by Crippen LogP contribution is 2.09. The lowest BCUT2D eigenvalue weighted by atomic mass is 9.99. The van der Waals surface area contributed by atoms with Gasteiger partial charge in [0.25, 0.3) is 0 Å². The summed E-state index contributed by atoms with van der Waals surface area (Å²) in [5, 5.41) is 7.11. The van der Waals surface area contributed by atoms with Gasteiger partial charge in [-0.2, -0.15) is 0 Å². The van der Waals surface area contributed by atoms with Crippen LogP contribution in [0.1, 0.15) is 46.0 Å². The molecule has 0 aromatic carbocycles. The molecule has 0 radical (unpaired) electrons. The molecule has 0 saturated carbocycles. The van der Waals surface area contributed by atoms with Crippen molar-refractivity contribution in [3.8, 4) is 0 Å². The number of hydrogen-bond acceptors (Lipinski definition) is 2. The van der Waals surface area contributed by atoms with Gasteiger partial charge in [0.2, 0.25) is 0 Å². The molecule has 2 unspecified atom stereocenters. The van der Waals surface area contributed by atoms with E-state index in [1.165, 1.54) is 51.7 Å². The largest absolute Gasteiger partial charge is 0.316 e. The van der Waals surface area contributed by atoms with E-state index in [0.29, 0.717) is 6.04 Å². The molecule has 0 spiro atoms. The molecular formula is C12H26N2. The Hall–Kier alpha value is -0.0800. The van der Waals surface area contributed by atoms with Gasteiger partial charge in [-0.25, -0.2) is 0 Å². The summed E-state index contributed by atoms with van der Waals surface area (Å²) in [6, 6.07) is 0.705. The van der Waals surface area contributed by atoms with Crippen LogP contribution in [-0.2, 0) is 0 Å². The van der Waals surface area contributed by atoms with Gasteiger partial charge >= 0.3 is 0 Å². The van der Waals surface area contributed by atoms with Crippen LogP contribution in [0.5, 0.6) is 0 Å². The van der Waals surface area contributed by atoms with E-state index in [0.717, 1.165) is 5.92 Å². The fourth-order valence-corrected chi connectivity index (χ4v) is 2.08. The molecule has 84 valence electrons. The van der Waals surface area contributed by atoms with E-state index in [9.17, 15) is 0 Å². The van der Waals surface area contributed by atoms with Gasteiger partial charge in [0.15, 0.2) is 0 Å². The molecule has 0 bridgehead atoms. The van der Waals surface area contributed by atoms with E-state index >= 15 is 0 Å². The van der Waals surface area contributed by atoms with E-state index in [2.05, 4.69) is 24.5 Å². The van der Waals surface area contributed by atoms with E-state index in [1.807, 2.05) is 0 Å². The van der Waals surface area contributed by atoms with Crippen LogP contribution in [0.3, 0.4) is 0 Å². The van der Waals surface area contributed by atoms with E-state index in [1.54, 1.807) is 0 Å². The van der Waals surface area contributed by atoms with Crippen molar-refractivity contribution in [2.75, 3.05) is 19.6 Å². The second kappa shape index (κ2) is 7.24. The highest BCUT2D eigenvalue weighted by atomic mass is 14.9. The monoisotopic (exact) mass is 198 g/mol. The zero-order chi connectivity index (χ0) is 10.2. The van der Waals surface area contributed by atoms with Crippen LogP contribution >= 0.6 is 0 Å². The average Bonchev–Trinajstić information content (AvgIpc) is 2.25. The predicted molar refractivity (Wildman–Crippen MR) is 62.6 cm³/mol. The van der Waals surface area contributed by atoms with E-state index in [-0.39, 0.29) is 0 Å². The SMILES string of the molecule is CCCCC(C)NCC1CCCNC1. The summed E-state index contributed by atoms with van der Waals surface area (Å²) < 4.78 is 0. The number of hydrogen-bond donors (Lipinski definition) is 2. The van der Waals surface area contributed by atoms with Gasteiger partial charge in [0.1, 0.15) is 0 Å². The van der Waals surface area contributed by atoms with Gasteiger partial charge in [-0.05, 0) is 51.7 Å². The first kappa shape index (κ1) is 12.0. The standard InChI is InChI=1S/C12H26N2/c1-3-4-6-11(2)14-10-12-7-5-8-13-9-12/h11-14H,3-10H2,1-2H3. The summed E-state index contributed by atoms with van der Waals surface area (Å²) in [6.07, 6.45) is 6.76. The van der Waals surface area contributed by atoms with Crippen molar-refractivity contribution in [1.29, 1.82) is 0 Å². The molecule has 2 heteroatoms. The maximum absolute atomic E-state index is 3.65. The lowest BCUT2D eigenvalue weighted by Gasteiger charge is -2.24. The molecule has 2 nitrogen and oxygen atoms in total. The van der Waals surface area contributed by atoms with Gasteiger partial charge in [0.05, 0.1) is 0 Å². The molecule has 1 saturated heterocycles. The highest BCUT2D eigenvalue weighted by Gasteiger charge is 2.13. The normalized spacial score (nSPS) is 24.9. The van der Waals surface area contributed by atoms with Crippen LogP contribution in [0.15, 0.2) is 0 Å². The van der Waals surface area contributed by atoms with Crippen LogP contribution in [0, 0.1) is 5.92 Å². The minimum atomic E-state index is 0.705. The van der Waals surface area contributed by atoms with Crippen molar-refractivity contribution in [2.45, 2.75) is 52.0 Å². The topological polar surface area (TPSA) is 24.1 Å². The molecule has 1 aliphatic heterocycles. The van der Waals surface area contributed by atoms with Gasteiger partial charge in [0, 0.05) is 6.04 Å². The van der Waals surface area contributed by atoms with E-state index < -0.39 is 0 Å². The second-order valence-corrected chi connectivity index (χ2v) is 4.66. The molecule has 1 fully saturated rings. The van der Waals surface area contributed by atoms with Crippen molar-refractivity contribution in [3.05, 3.63) is 0 Å². The highest BCUT2D eigenvalue weighted by molar-refractivity contribution is 4.72. The average molecular weight is 198 g/mol. The van der Waals surface area contributed by atoms with Crippen molar-refractivity contribution < 1.29 is 0 Å². The maximum Gasteiger partial charge on any atom is 0.00388 e. The Kier molecular flexibility index (Phi) is 6.20. The van der Waals surface area contributed by atoms with Gasteiger partial charge < -0.3 is 10.6 Å². The van der Waals surface area contributed by atoms with Crippen LogP contribution in [0.2, 0.25) is 0 Å². The van der Waals surface area contributed by atoms with Crippen LogP contribution in [0.4, 0.5) is 0 Å². The molecule has 0 aromatic rings. The molecule has 2 N–H and O–H groups in total. The minimum absolute atomic E-state index is 0.705. The molecule has 2 atom stereocenters. The van der Waals surface area contributed by atoms with Crippen LogP contribution in [-0.4, -0.2) is 25.7 Å². The summed E-state index contributed by atoms with van der Waals surface area (Å²) in [6.45, 7) is 8.22. The van der Waals surface area contributed by atoms with Crippen molar-refractivity contribution in [2.24, 2.45) is 5.92 Å². The number of unbranched alkanes of at least 4 members (excludes halogenated alkanes) is 1. The Bertz CT molecular complexity index is 130. The lowest BCUT2D eigenvalue weighted by Crippen LogP contribution is -2.38. The number of piperidine rings is 1. The second-order valence-electron chi connectivity index (χ2n) is 4.66. The van der Waals surface area contributed by atoms with Crippen molar-refractivity contribution >= 4 is 0 Å². The summed E-state index contributed by atoms with van der Waals surface area (Å²) >= 11 is 0. The third-order valence-electron chi connectivity index (χ3n) is 3.14. The van der Waals surface area contributed by atoms with Crippen molar-refractivity contribution in [1.82, 2.24) is 10.6 Å². The summed E-state index contributed by atoms with van der Waals surface area (Å²) in [7, 11) is 0. The van der Waals surface area contributed by atoms with Crippen LogP contribution in [0.25, 0.3) is 0 Å². The molecular weight excluding hydrogens is 172 g/mol. The zero-order valence-electron chi connectivity index (χ0n) is 9.81. The molecule has 1 heterocycles. The Morgan fingerprint density at radius 2 is 2.36 bits per heavy atom. The van der Waals surface area contributed by atoms with Gasteiger partial charge in [-0.15, -0.1) is 0 Å². The Labute approximate surface area is 88.8 Å². The van der Waals surface area contributed by atoms with Gasteiger partial charge in [-0.1, -0.05) is 19.8 Å². The fourth-order valence-electron chi connectivity index (χ4n) is 2.08. The summed E-state index contributed by atoms with van der Waals surface area (Å²) in [4.78, 5) is 0.